The molecule has 2 aromatic heterocycles. The van der Waals surface area contributed by atoms with Crippen molar-refractivity contribution in [2.24, 2.45) is 0 Å². The van der Waals surface area contributed by atoms with Crippen molar-refractivity contribution in [3.63, 3.8) is 0 Å². The minimum absolute atomic E-state index is 0.00925. The summed E-state index contributed by atoms with van der Waals surface area (Å²) in [6, 6.07) is 15.7. The monoisotopic (exact) mass is 445 g/mol. The van der Waals surface area contributed by atoms with Crippen LogP contribution >= 0.6 is 0 Å². The lowest BCUT2D eigenvalue weighted by Crippen LogP contribution is -2.36. The highest BCUT2D eigenvalue weighted by Crippen LogP contribution is 2.24. The Labute approximate surface area is 189 Å². The fourth-order valence-corrected chi connectivity index (χ4v) is 4.00. The Morgan fingerprint density at radius 2 is 1.55 bits per heavy atom. The normalized spacial score (nSPS) is 13.5. The van der Waals surface area contributed by atoms with Crippen LogP contribution in [0.25, 0.3) is 22.8 Å². The Morgan fingerprint density at radius 1 is 0.879 bits per heavy atom. The predicted octanol–water partition coefficient (Wildman–Crippen LogP) is 3.91. The van der Waals surface area contributed by atoms with E-state index in [0.29, 0.717) is 42.3 Å². The van der Waals surface area contributed by atoms with E-state index in [0.717, 1.165) is 12.1 Å². The molecule has 33 heavy (non-hydrogen) atoms. The van der Waals surface area contributed by atoms with Gasteiger partial charge in [0.1, 0.15) is 18.2 Å². The van der Waals surface area contributed by atoms with E-state index in [2.05, 4.69) is 21.1 Å². The molecule has 1 aliphatic heterocycles. The van der Waals surface area contributed by atoms with Gasteiger partial charge < -0.3 is 4.90 Å². The van der Waals surface area contributed by atoms with Gasteiger partial charge in [-0.05, 0) is 66.6 Å². The molecule has 0 spiro atoms. The molecule has 5 rings (SSSR count). The van der Waals surface area contributed by atoms with Crippen LogP contribution in [0.5, 0.6) is 0 Å². The number of fused-ring (bicyclic) bond motifs is 1. The highest BCUT2D eigenvalue weighted by molar-refractivity contribution is 5.77. The van der Waals surface area contributed by atoms with Crippen LogP contribution in [0.3, 0.4) is 0 Å². The van der Waals surface area contributed by atoms with Crippen LogP contribution in [0.15, 0.2) is 66.9 Å². The summed E-state index contributed by atoms with van der Waals surface area (Å²) >= 11 is 0. The van der Waals surface area contributed by atoms with Crippen molar-refractivity contribution in [2.75, 3.05) is 13.1 Å². The van der Waals surface area contributed by atoms with Crippen LogP contribution in [0.1, 0.15) is 11.3 Å². The van der Waals surface area contributed by atoms with Gasteiger partial charge in [-0.3, -0.25) is 9.78 Å². The Balaban J connectivity index is 1.43. The average Bonchev–Trinajstić information content (AvgIpc) is 3.11. The molecule has 0 radical (unpaired) electrons. The van der Waals surface area contributed by atoms with Crippen LogP contribution in [-0.4, -0.2) is 43.6 Å². The van der Waals surface area contributed by atoms with E-state index in [1.54, 1.807) is 30.5 Å². The van der Waals surface area contributed by atoms with Gasteiger partial charge in [0.25, 0.3) is 0 Å². The molecule has 0 unspecified atom stereocenters. The van der Waals surface area contributed by atoms with Gasteiger partial charge in [0.05, 0.1) is 0 Å². The smallest absolute Gasteiger partial charge is 0.244 e. The number of rotatable bonds is 4. The van der Waals surface area contributed by atoms with Gasteiger partial charge in [0.2, 0.25) is 5.91 Å². The van der Waals surface area contributed by atoms with Crippen LogP contribution in [0, 0.1) is 11.6 Å². The predicted molar refractivity (Wildman–Crippen MR) is 119 cm³/mol. The number of benzene rings is 2. The zero-order chi connectivity index (χ0) is 22.8. The number of pyridine rings is 1. The Hall–Kier alpha value is -3.94. The van der Waals surface area contributed by atoms with Gasteiger partial charge in [-0.2, -0.15) is 0 Å². The first-order valence-corrected chi connectivity index (χ1v) is 10.7. The van der Waals surface area contributed by atoms with Crippen molar-refractivity contribution in [1.29, 1.82) is 0 Å². The van der Waals surface area contributed by atoms with Gasteiger partial charge in [-0.15, -0.1) is 5.10 Å². The lowest BCUT2D eigenvalue weighted by molar-refractivity contribution is -0.131. The van der Waals surface area contributed by atoms with Crippen molar-refractivity contribution in [1.82, 2.24) is 24.6 Å². The molecular formula is C25H21F2N5O. The molecule has 0 N–H and O–H groups in total. The van der Waals surface area contributed by atoms with E-state index in [4.69, 9.17) is 0 Å². The number of amides is 1. The van der Waals surface area contributed by atoms with E-state index >= 15 is 0 Å². The molecule has 0 fully saturated rings. The Morgan fingerprint density at radius 3 is 2.27 bits per heavy atom. The SMILES string of the molecule is O=C(Cn1nc(-c2ccc(F)cc2)nc1-c1ccc(F)cc1)N1CCc2cccnc2CC1. The number of carbonyl (C=O) groups excluding carboxylic acids is 1. The highest BCUT2D eigenvalue weighted by Gasteiger charge is 2.22. The topological polar surface area (TPSA) is 63.9 Å². The van der Waals surface area contributed by atoms with Gasteiger partial charge in [0.15, 0.2) is 11.6 Å². The van der Waals surface area contributed by atoms with Gasteiger partial charge in [-0.25, -0.2) is 18.4 Å². The third-order valence-corrected chi connectivity index (χ3v) is 5.77. The number of carbonyl (C=O) groups is 1. The van der Waals surface area contributed by atoms with Crippen LogP contribution in [0.2, 0.25) is 0 Å². The summed E-state index contributed by atoms with van der Waals surface area (Å²) in [5.74, 6) is 0.0138. The third-order valence-electron chi connectivity index (χ3n) is 5.77. The molecule has 6 nitrogen and oxygen atoms in total. The second kappa shape index (κ2) is 8.90. The number of aromatic nitrogens is 4. The molecule has 0 aliphatic carbocycles. The summed E-state index contributed by atoms with van der Waals surface area (Å²) in [6.07, 6.45) is 3.22. The summed E-state index contributed by atoms with van der Waals surface area (Å²) in [6.45, 7) is 1.17. The Kier molecular flexibility index (Phi) is 5.64. The molecule has 0 saturated heterocycles. The first-order chi connectivity index (χ1) is 16.1. The standard InChI is InChI=1S/C25H21F2N5O/c26-20-7-3-18(4-8-20)24-29-25(19-5-9-21(27)10-6-19)32(30-24)16-23(33)31-14-11-17-2-1-13-28-22(17)12-15-31/h1-10,13H,11-12,14-16H2. The molecule has 8 heteroatoms. The molecule has 166 valence electrons. The maximum atomic E-state index is 13.5. The lowest BCUT2D eigenvalue weighted by Gasteiger charge is -2.20. The van der Waals surface area contributed by atoms with E-state index < -0.39 is 0 Å². The largest absolute Gasteiger partial charge is 0.340 e. The second-order valence-corrected chi connectivity index (χ2v) is 7.92. The zero-order valence-electron chi connectivity index (χ0n) is 17.8. The van der Waals surface area contributed by atoms with Crippen molar-refractivity contribution >= 4 is 5.91 Å². The third kappa shape index (κ3) is 4.50. The molecule has 4 aromatic rings. The summed E-state index contributed by atoms with van der Waals surface area (Å²) in [4.78, 5) is 24.0. The lowest BCUT2D eigenvalue weighted by atomic mass is 10.1. The van der Waals surface area contributed by atoms with Crippen molar-refractivity contribution in [3.8, 4) is 22.8 Å². The first-order valence-electron chi connectivity index (χ1n) is 10.7. The van der Waals surface area contributed by atoms with Gasteiger partial charge in [0, 0.05) is 42.5 Å². The van der Waals surface area contributed by atoms with Gasteiger partial charge >= 0.3 is 0 Å². The summed E-state index contributed by atoms with van der Waals surface area (Å²) in [5.41, 5.74) is 3.46. The molecule has 0 saturated carbocycles. The second-order valence-electron chi connectivity index (χ2n) is 7.92. The molecule has 3 heterocycles. The maximum absolute atomic E-state index is 13.5. The minimum Gasteiger partial charge on any atom is -0.340 e. The summed E-state index contributed by atoms with van der Waals surface area (Å²) in [7, 11) is 0. The maximum Gasteiger partial charge on any atom is 0.244 e. The van der Waals surface area contributed by atoms with Crippen LogP contribution in [-0.2, 0) is 24.2 Å². The molecule has 0 bridgehead atoms. The van der Waals surface area contributed by atoms with E-state index in [9.17, 15) is 13.6 Å². The summed E-state index contributed by atoms with van der Waals surface area (Å²) in [5, 5.41) is 4.54. The number of hydrogen-bond acceptors (Lipinski definition) is 4. The first kappa shape index (κ1) is 20.9. The fraction of sp³-hybridized carbons (Fsp3) is 0.200. The van der Waals surface area contributed by atoms with Crippen molar-refractivity contribution in [2.45, 2.75) is 19.4 Å². The Bertz CT molecular complexity index is 1260. The minimum atomic E-state index is -0.364. The van der Waals surface area contributed by atoms with E-state index in [1.807, 2.05) is 11.0 Å². The van der Waals surface area contributed by atoms with Crippen LogP contribution < -0.4 is 0 Å². The average molecular weight is 445 g/mol. The van der Waals surface area contributed by atoms with Crippen molar-refractivity contribution < 1.29 is 13.6 Å². The van der Waals surface area contributed by atoms with Crippen LogP contribution in [0.4, 0.5) is 8.78 Å². The molecule has 1 aliphatic rings. The molecular weight excluding hydrogens is 424 g/mol. The van der Waals surface area contributed by atoms with E-state index in [1.165, 1.54) is 34.5 Å². The molecule has 1 amide bonds. The molecule has 2 aromatic carbocycles. The summed E-state index contributed by atoms with van der Waals surface area (Å²) < 4.78 is 28.4. The van der Waals surface area contributed by atoms with Crippen molar-refractivity contribution in [3.05, 3.63) is 89.8 Å². The van der Waals surface area contributed by atoms with Gasteiger partial charge in [-0.1, -0.05) is 6.07 Å². The quantitative estimate of drug-likeness (QED) is 0.478. The zero-order valence-corrected chi connectivity index (χ0v) is 17.8. The highest BCUT2D eigenvalue weighted by atomic mass is 19.1. The number of nitrogens with zero attached hydrogens (tertiary/aromatic N) is 5. The number of halogens is 2. The van der Waals surface area contributed by atoms with E-state index in [-0.39, 0.29) is 24.1 Å². The number of hydrogen-bond donors (Lipinski definition) is 0. The fourth-order valence-electron chi connectivity index (χ4n) is 4.00. The molecule has 0 atom stereocenters.